The molecule has 278 valence electrons. The van der Waals surface area contributed by atoms with Gasteiger partial charge in [0.15, 0.2) is 0 Å². The summed E-state index contributed by atoms with van der Waals surface area (Å²) in [6.45, 7) is 16.6. The first-order chi connectivity index (χ1) is 25.3. The summed E-state index contributed by atoms with van der Waals surface area (Å²) in [6.07, 6.45) is 4.76. The number of nitrogens with zero attached hydrogens (tertiary/aromatic N) is 3. The molecule has 0 radical (unpaired) electrons. The van der Waals surface area contributed by atoms with Crippen LogP contribution in [0.25, 0.3) is 27.6 Å². The van der Waals surface area contributed by atoms with E-state index in [1.165, 1.54) is 6.92 Å². The zero-order valence-corrected chi connectivity index (χ0v) is 31.4. The lowest BCUT2D eigenvalue weighted by atomic mass is 9.66. The number of carbonyl (C=O) groups is 2. The zero-order chi connectivity index (χ0) is 38.0. The van der Waals surface area contributed by atoms with Crippen molar-refractivity contribution >= 4 is 45.1 Å². The van der Waals surface area contributed by atoms with Crippen molar-refractivity contribution in [1.29, 1.82) is 0 Å². The predicted octanol–water partition coefficient (Wildman–Crippen LogP) is 7.11. The maximum atomic E-state index is 13.7. The maximum Gasteiger partial charge on any atom is 0.243 e. The van der Waals surface area contributed by atoms with Crippen LogP contribution in [0, 0.1) is 30.2 Å². The number of amidine groups is 1. The average Bonchev–Trinajstić information content (AvgIpc) is 3.80. The summed E-state index contributed by atoms with van der Waals surface area (Å²) in [6, 6.07) is 17.8. The molecular formula is C40H46N6O6S. The van der Waals surface area contributed by atoms with Gasteiger partial charge < -0.3 is 15.2 Å². The van der Waals surface area contributed by atoms with Crippen LogP contribution in [0.15, 0.2) is 77.1 Å². The van der Waals surface area contributed by atoms with E-state index in [1.807, 2.05) is 60.7 Å². The fraction of sp³-hybridized carbons (Fsp3) is 0.400. The minimum absolute atomic E-state index is 0.0968. The van der Waals surface area contributed by atoms with Crippen LogP contribution in [0.5, 0.6) is 0 Å². The number of amides is 2. The molecule has 4 atom stereocenters. The van der Waals surface area contributed by atoms with Gasteiger partial charge in [0.25, 0.3) is 0 Å². The Balaban J connectivity index is 1.61. The molecule has 4 N–H and O–H groups in total. The number of anilines is 1. The summed E-state index contributed by atoms with van der Waals surface area (Å²) in [7, 11) is -3.71. The second-order valence-electron chi connectivity index (χ2n) is 14.6. The van der Waals surface area contributed by atoms with Gasteiger partial charge in [0, 0.05) is 29.7 Å². The molecule has 2 fully saturated rings. The van der Waals surface area contributed by atoms with E-state index in [2.05, 4.69) is 40.6 Å². The predicted molar refractivity (Wildman–Crippen MR) is 205 cm³/mol. The smallest absolute Gasteiger partial charge is 0.243 e. The number of benzene rings is 2. The highest BCUT2D eigenvalue weighted by Crippen LogP contribution is 2.51. The molecule has 1 aromatic heterocycles. The van der Waals surface area contributed by atoms with E-state index in [1.54, 1.807) is 11.0 Å². The Labute approximate surface area is 310 Å². The summed E-state index contributed by atoms with van der Waals surface area (Å²) in [5.74, 6) is 0.431. The van der Waals surface area contributed by atoms with Crippen molar-refractivity contribution in [2.45, 2.75) is 65.5 Å². The molecule has 2 aliphatic heterocycles. The molecule has 6 rings (SSSR count). The highest BCUT2D eigenvalue weighted by molar-refractivity contribution is 7.88. The summed E-state index contributed by atoms with van der Waals surface area (Å²) < 4.78 is 26.5. The molecule has 3 heterocycles. The minimum atomic E-state index is -3.71. The molecule has 3 aromatic rings. The quantitative estimate of drug-likeness (QED) is 0.0987. The third kappa shape index (κ3) is 7.91. The number of allylic oxidation sites excluding steroid dienone is 1. The highest BCUT2D eigenvalue weighted by Gasteiger charge is 2.42. The minimum Gasteiger partial charge on any atom is -0.341 e. The van der Waals surface area contributed by atoms with Gasteiger partial charge in [-0.15, -0.1) is 0 Å². The van der Waals surface area contributed by atoms with Crippen LogP contribution in [-0.4, -0.2) is 60.1 Å². The number of H-pyrrole nitrogens is 1. The van der Waals surface area contributed by atoms with E-state index in [4.69, 9.17) is 16.5 Å². The molecule has 4 unspecified atom stereocenters. The largest absolute Gasteiger partial charge is 0.341 e. The number of carbonyl (C=O) groups excluding carboxylic acids is 2. The number of sulfonamides is 1. The lowest BCUT2D eigenvalue weighted by molar-refractivity contribution is -0.303. The van der Waals surface area contributed by atoms with Crippen LogP contribution in [0.3, 0.4) is 0 Å². The molecule has 2 amide bonds. The first-order valence-electron chi connectivity index (χ1n) is 18.0. The van der Waals surface area contributed by atoms with Gasteiger partial charge in [0.05, 0.1) is 30.3 Å². The van der Waals surface area contributed by atoms with E-state index < -0.39 is 28.1 Å². The monoisotopic (exact) mass is 738 g/mol. The van der Waals surface area contributed by atoms with E-state index in [0.29, 0.717) is 59.2 Å². The van der Waals surface area contributed by atoms with Crippen LogP contribution in [0.2, 0.25) is 0 Å². The van der Waals surface area contributed by atoms with Crippen molar-refractivity contribution in [3.05, 3.63) is 100 Å². The Bertz CT molecular complexity index is 2110. The number of likely N-dealkylation sites (tertiary alicyclic amines) is 1. The Morgan fingerprint density at radius 1 is 1.08 bits per heavy atom. The standard InChI is InChI=1S/C40H46N6O6S/c1-23-20-24(2)32(25(3)21-23)37(52-49)35-33(27-14-9-7-10-15-27)29(42-38(35)44-40(48)26(4)45-53(6,50)51)22-30-34(28-16-11-8-12-17-28)36(41-5)39(43-30)46-19-13-18-31(46)47/h7-12,14-17,22-26,32,37,42,45,49H,13,18-21H2,1-4,6H3,(H,44,48). The number of hydrogen-bond donors (Lipinski definition) is 4. The van der Waals surface area contributed by atoms with Crippen molar-refractivity contribution in [3.63, 3.8) is 0 Å². The Morgan fingerprint density at radius 2 is 1.70 bits per heavy atom. The lowest BCUT2D eigenvalue weighted by Crippen LogP contribution is -2.41. The number of aliphatic imine (C=N–C) groups is 1. The molecule has 3 aliphatic rings. The Kier molecular flexibility index (Phi) is 11.2. The maximum absolute atomic E-state index is 13.7. The van der Waals surface area contributed by atoms with E-state index in [0.717, 1.165) is 30.2 Å². The summed E-state index contributed by atoms with van der Waals surface area (Å²) in [5, 5.41) is 13.7. The first-order valence-corrected chi connectivity index (χ1v) is 19.9. The molecule has 0 spiro atoms. The van der Waals surface area contributed by atoms with Crippen LogP contribution in [0.1, 0.15) is 76.3 Å². The molecule has 2 aromatic carbocycles. The van der Waals surface area contributed by atoms with Gasteiger partial charge in [-0.25, -0.2) is 27.9 Å². The number of aromatic amines is 1. The molecule has 53 heavy (non-hydrogen) atoms. The topological polar surface area (TPSA) is 158 Å². The summed E-state index contributed by atoms with van der Waals surface area (Å²) in [5.41, 5.74) is 4.38. The Morgan fingerprint density at radius 3 is 2.25 bits per heavy atom. The van der Waals surface area contributed by atoms with E-state index >= 15 is 0 Å². The van der Waals surface area contributed by atoms with Crippen LogP contribution >= 0.6 is 0 Å². The Hall–Kier alpha value is -4.87. The van der Waals surface area contributed by atoms with Gasteiger partial charge in [-0.1, -0.05) is 81.4 Å². The van der Waals surface area contributed by atoms with Crippen molar-refractivity contribution in [3.8, 4) is 11.1 Å². The fourth-order valence-corrected chi connectivity index (χ4v) is 9.20. The molecule has 1 saturated heterocycles. The normalized spacial score (nSPS) is 23.9. The molecule has 1 saturated carbocycles. The molecular weight excluding hydrogens is 693 g/mol. The summed E-state index contributed by atoms with van der Waals surface area (Å²) >= 11 is 0. The highest BCUT2D eigenvalue weighted by atomic mass is 32.2. The van der Waals surface area contributed by atoms with Crippen molar-refractivity contribution < 1.29 is 28.2 Å². The van der Waals surface area contributed by atoms with E-state index in [9.17, 15) is 23.3 Å². The van der Waals surface area contributed by atoms with Gasteiger partial charge in [-0.2, -0.15) is 0 Å². The van der Waals surface area contributed by atoms with Crippen molar-refractivity contribution in [1.82, 2.24) is 14.6 Å². The van der Waals surface area contributed by atoms with Crippen molar-refractivity contribution in [2.75, 3.05) is 18.1 Å². The van der Waals surface area contributed by atoms with Gasteiger partial charge in [0.2, 0.25) is 27.5 Å². The average molecular weight is 739 g/mol. The van der Waals surface area contributed by atoms with Gasteiger partial charge in [-0.05, 0) is 67.1 Å². The lowest BCUT2D eigenvalue weighted by Gasteiger charge is -2.41. The van der Waals surface area contributed by atoms with Crippen LogP contribution in [-0.2, 0) is 24.5 Å². The first kappa shape index (κ1) is 37.9. The number of nitrogens with one attached hydrogen (secondary N) is 3. The van der Waals surface area contributed by atoms with Crippen LogP contribution in [0.4, 0.5) is 5.82 Å². The third-order valence-electron chi connectivity index (χ3n) is 10.5. The summed E-state index contributed by atoms with van der Waals surface area (Å²) in [4.78, 5) is 45.9. The van der Waals surface area contributed by atoms with Crippen molar-refractivity contribution in [2.24, 2.45) is 28.7 Å². The fourth-order valence-electron chi connectivity index (χ4n) is 8.45. The molecule has 12 nitrogen and oxygen atoms in total. The zero-order valence-electron chi connectivity index (χ0n) is 30.6. The number of rotatable bonds is 10. The molecule has 13 heteroatoms. The number of aromatic nitrogens is 1. The molecule has 0 bridgehead atoms. The van der Waals surface area contributed by atoms with E-state index in [-0.39, 0.29) is 35.2 Å². The third-order valence-corrected chi connectivity index (χ3v) is 11.3. The van der Waals surface area contributed by atoms with Crippen LogP contribution < -0.4 is 10.0 Å². The van der Waals surface area contributed by atoms with Gasteiger partial charge in [0.1, 0.15) is 17.8 Å². The number of hydrogen-bond acceptors (Lipinski definition) is 7. The SMILES string of the molecule is [C-]#[N+]C1=C(c2ccccc2)C(=Cc2[nH]c(NC(=O)C(C)NS(C)(=O)=O)c(C(OO)C3C(C)CC(C)CC3C)c2-c2ccccc2)N=C1N1CCCC1=O. The molecule has 1 aliphatic carbocycles. The second kappa shape index (κ2) is 15.6. The van der Waals surface area contributed by atoms with Gasteiger partial charge >= 0.3 is 0 Å². The second-order valence-corrected chi connectivity index (χ2v) is 16.4. The van der Waals surface area contributed by atoms with Gasteiger partial charge in [-0.3, -0.25) is 14.8 Å².